The van der Waals surface area contributed by atoms with Crippen LogP contribution in [0.3, 0.4) is 0 Å². The molecule has 142 valence electrons. The summed E-state index contributed by atoms with van der Waals surface area (Å²) in [6.07, 6.45) is 0. The van der Waals surface area contributed by atoms with Gasteiger partial charge in [0.1, 0.15) is 5.75 Å². The van der Waals surface area contributed by atoms with Crippen molar-refractivity contribution in [3.8, 4) is 5.75 Å². The summed E-state index contributed by atoms with van der Waals surface area (Å²) >= 11 is 0. The largest absolute Gasteiger partial charge is 0.483 e. The van der Waals surface area contributed by atoms with Gasteiger partial charge in [0.15, 0.2) is 6.61 Å². The normalized spacial score (nSPS) is 10.1. The van der Waals surface area contributed by atoms with Gasteiger partial charge in [-0.15, -0.1) is 0 Å². The molecule has 0 aromatic heterocycles. The number of rotatable bonds is 6. The van der Waals surface area contributed by atoms with E-state index in [9.17, 15) is 14.4 Å². The molecule has 2 aromatic rings. The van der Waals surface area contributed by atoms with E-state index in [2.05, 4.69) is 10.1 Å². The van der Waals surface area contributed by atoms with Crippen LogP contribution in [0.4, 0.5) is 5.69 Å². The van der Waals surface area contributed by atoms with E-state index in [4.69, 9.17) is 9.47 Å². The quantitative estimate of drug-likeness (QED) is 0.785. The second-order valence-corrected chi connectivity index (χ2v) is 5.85. The highest BCUT2D eigenvalue weighted by Crippen LogP contribution is 2.21. The number of benzene rings is 2. The zero-order valence-corrected chi connectivity index (χ0v) is 15.6. The molecular weight excluding hydrogens is 350 g/mol. The maximum atomic E-state index is 12.3. The molecule has 0 atom stereocenters. The lowest BCUT2D eigenvalue weighted by atomic mass is 10.1. The minimum Gasteiger partial charge on any atom is -0.483 e. The minimum absolute atomic E-state index is 0.116. The van der Waals surface area contributed by atoms with Crippen molar-refractivity contribution in [3.63, 3.8) is 0 Å². The van der Waals surface area contributed by atoms with Crippen LogP contribution < -0.4 is 10.1 Å². The van der Waals surface area contributed by atoms with E-state index in [-0.39, 0.29) is 23.4 Å². The number of anilines is 1. The number of nitrogens with one attached hydrogen (secondary N) is 1. The number of aryl methyl sites for hydroxylation is 2. The van der Waals surface area contributed by atoms with Crippen molar-refractivity contribution in [3.05, 3.63) is 58.7 Å². The van der Waals surface area contributed by atoms with Crippen molar-refractivity contribution in [1.82, 2.24) is 0 Å². The molecule has 0 aliphatic heterocycles. The number of esters is 2. The molecule has 0 unspecified atom stereocenters. The molecule has 7 nitrogen and oxygen atoms in total. The molecule has 2 rings (SSSR count). The molecular formula is C20H21NO6. The summed E-state index contributed by atoms with van der Waals surface area (Å²) in [6.45, 7) is 3.59. The number of carbonyl (C=O) groups is 3. The molecule has 0 bridgehead atoms. The topological polar surface area (TPSA) is 90.9 Å². The first-order valence-corrected chi connectivity index (χ1v) is 8.16. The third-order valence-corrected chi connectivity index (χ3v) is 3.81. The fraction of sp³-hybridized carbons (Fsp3) is 0.250. The smallest absolute Gasteiger partial charge is 0.339 e. The molecule has 0 fully saturated rings. The molecule has 0 aliphatic rings. The van der Waals surface area contributed by atoms with E-state index < -0.39 is 17.8 Å². The summed E-state index contributed by atoms with van der Waals surface area (Å²) in [5, 5.41) is 2.57. The van der Waals surface area contributed by atoms with Gasteiger partial charge in [-0.05, 0) is 43.7 Å². The second kappa shape index (κ2) is 8.84. The Morgan fingerprint density at radius 3 is 2.26 bits per heavy atom. The van der Waals surface area contributed by atoms with Gasteiger partial charge < -0.3 is 19.5 Å². The van der Waals surface area contributed by atoms with Crippen molar-refractivity contribution >= 4 is 23.5 Å². The van der Waals surface area contributed by atoms with Crippen LogP contribution in [0.1, 0.15) is 31.8 Å². The van der Waals surface area contributed by atoms with Gasteiger partial charge >= 0.3 is 11.9 Å². The molecule has 0 saturated heterocycles. The number of hydrogen-bond acceptors (Lipinski definition) is 6. The highest BCUT2D eigenvalue weighted by Gasteiger charge is 2.17. The third kappa shape index (κ3) is 5.07. The first-order chi connectivity index (χ1) is 12.8. The van der Waals surface area contributed by atoms with Gasteiger partial charge in [0.05, 0.1) is 31.0 Å². The molecule has 27 heavy (non-hydrogen) atoms. The van der Waals surface area contributed by atoms with Crippen LogP contribution in [-0.2, 0) is 14.3 Å². The monoisotopic (exact) mass is 371 g/mol. The Labute approximate surface area is 157 Å². The van der Waals surface area contributed by atoms with E-state index in [1.807, 2.05) is 26.0 Å². The van der Waals surface area contributed by atoms with Gasteiger partial charge in [0.2, 0.25) is 0 Å². The molecule has 1 N–H and O–H groups in total. The van der Waals surface area contributed by atoms with E-state index in [0.717, 1.165) is 11.1 Å². The van der Waals surface area contributed by atoms with Crippen LogP contribution >= 0.6 is 0 Å². The summed E-state index contributed by atoms with van der Waals surface area (Å²) in [5.74, 6) is -1.13. The van der Waals surface area contributed by atoms with E-state index in [1.54, 1.807) is 6.07 Å². The number of ether oxygens (including phenoxy) is 3. The van der Waals surface area contributed by atoms with Crippen molar-refractivity contribution < 1.29 is 28.6 Å². The van der Waals surface area contributed by atoms with Gasteiger partial charge in [-0.25, -0.2) is 9.59 Å². The Kier molecular flexibility index (Phi) is 6.54. The SMILES string of the molecule is COC(=O)c1ccc(C(=O)OC)c(NC(=O)COc2ccc(C)cc2C)c1. The van der Waals surface area contributed by atoms with Gasteiger partial charge in [0.25, 0.3) is 5.91 Å². The third-order valence-electron chi connectivity index (χ3n) is 3.81. The molecule has 0 heterocycles. The summed E-state index contributed by atoms with van der Waals surface area (Å²) < 4.78 is 14.9. The lowest BCUT2D eigenvalue weighted by Gasteiger charge is -2.13. The summed E-state index contributed by atoms with van der Waals surface area (Å²) in [4.78, 5) is 35.9. The van der Waals surface area contributed by atoms with Crippen molar-refractivity contribution in [2.45, 2.75) is 13.8 Å². The Bertz CT molecular complexity index is 875. The molecule has 7 heteroatoms. The molecule has 0 aliphatic carbocycles. The van der Waals surface area contributed by atoms with Crippen LogP contribution in [0.15, 0.2) is 36.4 Å². The number of methoxy groups -OCH3 is 2. The first kappa shape index (κ1) is 20.0. The van der Waals surface area contributed by atoms with E-state index in [1.165, 1.54) is 32.4 Å². The summed E-state index contributed by atoms with van der Waals surface area (Å²) in [7, 11) is 2.47. The van der Waals surface area contributed by atoms with Crippen LogP contribution in [0.25, 0.3) is 0 Å². The van der Waals surface area contributed by atoms with Crippen LogP contribution in [-0.4, -0.2) is 38.7 Å². The first-order valence-electron chi connectivity index (χ1n) is 8.16. The number of hydrogen-bond donors (Lipinski definition) is 1. The molecule has 2 aromatic carbocycles. The zero-order chi connectivity index (χ0) is 20.0. The molecule has 1 amide bonds. The van der Waals surface area contributed by atoms with Gasteiger partial charge in [-0.3, -0.25) is 4.79 Å². The van der Waals surface area contributed by atoms with E-state index in [0.29, 0.717) is 5.75 Å². The maximum Gasteiger partial charge on any atom is 0.339 e. The average Bonchev–Trinajstić information content (AvgIpc) is 2.66. The molecule has 0 saturated carbocycles. The predicted octanol–water partition coefficient (Wildman–Crippen LogP) is 2.89. The van der Waals surface area contributed by atoms with Crippen molar-refractivity contribution in [2.75, 3.05) is 26.1 Å². The highest BCUT2D eigenvalue weighted by atomic mass is 16.5. The van der Waals surface area contributed by atoms with Crippen LogP contribution in [0.5, 0.6) is 5.75 Å². The molecule has 0 spiro atoms. The minimum atomic E-state index is -0.642. The van der Waals surface area contributed by atoms with Crippen molar-refractivity contribution in [1.29, 1.82) is 0 Å². The Balaban J connectivity index is 2.16. The Morgan fingerprint density at radius 2 is 1.63 bits per heavy atom. The van der Waals surface area contributed by atoms with Gasteiger partial charge in [-0.2, -0.15) is 0 Å². The van der Waals surface area contributed by atoms with Gasteiger partial charge in [-0.1, -0.05) is 17.7 Å². The summed E-state index contributed by atoms with van der Waals surface area (Å²) in [5.41, 5.74) is 2.44. The Morgan fingerprint density at radius 1 is 0.926 bits per heavy atom. The average molecular weight is 371 g/mol. The second-order valence-electron chi connectivity index (χ2n) is 5.85. The van der Waals surface area contributed by atoms with E-state index >= 15 is 0 Å². The lowest BCUT2D eigenvalue weighted by molar-refractivity contribution is -0.118. The standard InChI is InChI=1S/C20H21NO6/c1-12-5-8-17(13(2)9-12)27-11-18(22)21-16-10-14(19(23)25-3)6-7-15(16)20(24)26-4/h5-10H,11H2,1-4H3,(H,21,22). The molecule has 0 radical (unpaired) electrons. The fourth-order valence-electron chi connectivity index (χ4n) is 2.47. The van der Waals surface area contributed by atoms with Crippen LogP contribution in [0.2, 0.25) is 0 Å². The zero-order valence-electron chi connectivity index (χ0n) is 15.6. The van der Waals surface area contributed by atoms with Gasteiger partial charge in [0, 0.05) is 0 Å². The number of amides is 1. The summed E-state index contributed by atoms with van der Waals surface area (Å²) in [6, 6.07) is 9.78. The van der Waals surface area contributed by atoms with Crippen molar-refractivity contribution in [2.24, 2.45) is 0 Å². The fourth-order valence-corrected chi connectivity index (χ4v) is 2.47. The lowest BCUT2D eigenvalue weighted by Crippen LogP contribution is -2.22. The maximum absolute atomic E-state index is 12.3. The predicted molar refractivity (Wildman–Crippen MR) is 99.2 cm³/mol. The Hall–Kier alpha value is -3.35. The number of carbonyl (C=O) groups excluding carboxylic acids is 3. The highest BCUT2D eigenvalue weighted by molar-refractivity contribution is 6.03. The van der Waals surface area contributed by atoms with Crippen LogP contribution in [0, 0.1) is 13.8 Å².